The van der Waals surface area contributed by atoms with Crippen LogP contribution >= 0.6 is 39.1 Å². The van der Waals surface area contributed by atoms with Crippen LogP contribution in [-0.2, 0) is 9.59 Å². The second kappa shape index (κ2) is 6.86. The van der Waals surface area contributed by atoms with Crippen molar-refractivity contribution in [1.82, 2.24) is 0 Å². The molecule has 4 rings (SSSR count). The number of rotatable bonds is 2. The third kappa shape index (κ3) is 2.46. The first-order valence-corrected chi connectivity index (χ1v) is 11.9. The summed E-state index contributed by atoms with van der Waals surface area (Å²) in [6.07, 6.45) is 2.42. The molecule has 0 amide bonds. The number of allylic oxidation sites excluding steroid dienone is 4. The Balaban J connectivity index is 1.89. The monoisotopic (exact) mass is 522 g/mol. The lowest BCUT2D eigenvalue weighted by Gasteiger charge is -2.64. The Kier molecular flexibility index (Phi) is 5.24. The standard InChI is InChI=1S/C22H26BrCl2FO4/c1-10-4-11-12-5-15(26)13-6-16(28)14(23)7-19(13,2)21(12,25)17(24)8-20(11,3)22(10,30)18(29)9-27/h6-7,10-12,15,17,27,30H,4-5,8-9H2,1-3H3/t10?,11-,12-,15?,17?,19-,20-,21-,22-/m0/s1. The Bertz CT molecular complexity index is 892. The number of aliphatic hydroxyl groups excluding tert-OH is 1. The molecule has 30 heavy (non-hydrogen) atoms. The quantitative estimate of drug-likeness (QED) is 0.535. The Morgan fingerprint density at radius 2 is 1.97 bits per heavy atom. The van der Waals surface area contributed by atoms with Crippen molar-refractivity contribution in [2.45, 2.75) is 62.1 Å². The van der Waals surface area contributed by atoms with Crippen molar-refractivity contribution in [2.75, 3.05) is 6.61 Å². The number of alkyl halides is 3. The van der Waals surface area contributed by atoms with E-state index < -0.39 is 57.1 Å². The van der Waals surface area contributed by atoms with Crippen LogP contribution in [0.1, 0.15) is 40.0 Å². The highest BCUT2D eigenvalue weighted by atomic mass is 79.9. The molecular weight excluding hydrogens is 498 g/mol. The molecule has 3 unspecified atom stereocenters. The molecule has 9 atom stereocenters. The number of fused-ring (bicyclic) bond motifs is 5. The largest absolute Gasteiger partial charge is 0.388 e. The van der Waals surface area contributed by atoms with Gasteiger partial charge in [-0.05, 0) is 64.6 Å². The Morgan fingerprint density at radius 3 is 2.57 bits per heavy atom. The zero-order valence-electron chi connectivity index (χ0n) is 17.1. The van der Waals surface area contributed by atoms with E-state index in [2.05, 4.69) is 15.9 Å². The average Bonchev–Trinajstić information content (AvgIpc) is 2.87. The minimum atomic E-state index is -1.75. The van der Waals surface area contributed by atoms with E-state index >= 15 is 4.39 Å². The van der Waals surface area contributed by atoms with E-state index in [1.165, 1.54) is 6.08 Å². The molecule has 4 aliphatic carbocycles. The van der Waals surface area contributed by atoms with Crippen LogP contribution in [0.3, 0.4) is 0 Å². The zero-order valence-corrected chi connectivity index (χ0v) is 20.2. The summed E-state index contributed by atoms with van der Waals surface area (Å²) in [4.78, 5) is 23.8. The van der Waals surface area contributed by atoms with Crippen LogP contribution in [0.2, 0.25) is 0 Å². The summed E-state index contributed by atoms with van der Waals surface area (Å²) < 4.78 is 15.8. The van der Waals surface area contributed by atoms with Gasteiger partial charge in [-0.3, -0.25) is 9.59 Å². The molecule has 2 N–H and O–H groups in total. The van der Waals surface area contributed by atoms with E-state index in [0.717, 1.165) is 0 Å². The van der Waals surface area contributed by atoms with Crippen molar-refractivity contribution in [3.05, 3.63) is 22.2 Å². The first-order chi connectivity index (χ1) is 13.8. The van der Waals surface area contributed by atoms with Crippen LogP contribution in [-0.4, -0.2) is 50.4 Å². The summed E-state index contributed by atoms with van der Waals surface area (Å²) in [5.74, 6) is -2.04. The zero-order chi connectivity index (χ0) is 22.4. The summed E-state index contributed by atoms with van der Waals surface area (Å²) in [5, 5.41) is 20.4. The van der Waals surface area contributed by atoms with E-state index in [1.54, 1.807) is 13.0 Å². The number of Topliss-reactive ketones (excluding diaryl/α,β-unsaturated/α-hetero) is 1. The van der Waals surface area contributed by atoms with E-state index in [9.17, 15) is 19.8 Å². The van der Waals surface area contributed by atoms with Crippen molar-refractivity contribution in [2.24, 2.45) is 28.6 Å². The predicted octanol–water partition coefficient (Wildman–Crippen LogP) is 4.08. The number of hydrogen-bond acceptors (Lipinski definition) is 4. The maximum atomic E-state index is 15.5. The van der Waals surface area contributed by atoms with Gasteiger partial charge in [0.15, 0.2) is 11.6 Å². The second-order valence-corrected chi connectivity index (χ2v) is 11.9. The molecule has 0 aromatic carbocycles. The number of carbonyl (C=O) groups is 2. The Hall–Kier alpha value is -0.270. The van der Waals surface area contributed by atoms with E-state index in [-0.39, 0.29) is 24.5 Å². The summed E-state index contributed by atoms with van der Waals surface area (Å²) in [7, 11) is 0. The summed E-state index contributed by atoms with van der Waals surface area (Å²) >= 11 is 17.6. The van der Waals surface area contributed by atoms with Crippen LogP contribution in [0.4, 0.5) is 4.39 Å². The minimum absolute atomic E-state index is 0.0727. The smallest absolute Gasteiger partial charge is 0.192 e. The van der Waals surface area contributed by atoms with Gasteiger partial charge in [-0.15, -0.1) is 23.2 Å². The topological polar surface area (TPSA) is 74.6 Å². The molecule has 3 fully saturated rings. The molecule has 0 radical (unpaired) electrons. The molecule has 0 aromatic rings. The summed E-state index contributed by atoms with van der Waals surface area (Å²) in [6, 6.07) is 0. The third-order valence-corrected chi connectivity index (χ3v) is 11.0. The van der Waals surface area contributed by atoms with Gasteiger partial charge in [-0.25, -0.2) is 4.39 Å². The van der Waals surface area contributed by atoms with Crippen molar-refractivity contribution < 1.29 is 24.2 Å². The third-order valence-electron chi connectivity index (χ3n) is 8.79. The highest BCUT2D eigenvalue weighted by Gasteiger charge is 2.75. The van der Waals surface area contributed by atoms with Crippen LogP contribution in [0, 0.1) is 28.6 Å². The molecule has 0 spiro atoms. The lowest BCUT2D eigenvalue weighted by atomic mass is 9.46. The Morgan fingerprint density at radius 1 is 1.33 bits per heavy atom. The van der Waals surface area contributed by atoms with Gasteiger partial charge in [-0.1, -0.05) is 26.8 Å². The number of aliphatic hydroxyl groups is 2. The van der Waals surface area contributed by atoms with Crippen molar-refractivity contribution >= 4 is 50.7 Å². The number of carbonyl (C=O) groups excluding carboxylic acids is 2. The van der Waals surface area contributed by atoms with Crippen molar-refractivity contribution in [3.63, 3.8) is 0 Å². The van der Waals surface area contributed by atoms with Gasteiger partial charge < -0.3 is 10.2 Å². The highest BCUT2D eigenvalue weighted by Crippen LogP contribution is 2.72. The SMILES string of the molecule is CC1C[C@H]2[C@@H]3CC(F)C4=CC(=O)C(Br)=C[C@]4(C)[C@@]3(Cl)C(Cl)C[C@]2(C)[C@@]1(O)C(=O)CO. The maximum Gasteiger partial charge on any atom is 0.192 e. The number of ketones is 2. The first-order valence-electron chi connectivity index (χ1n) is 10.3. The molecule has 3 saturated carbocycles. The molecule has 8 heteroatoms. The van der Waals surface area contributed by atoms with Gasteiger partial charge >= 0.3 is 0 Å². The fraction of sp³-hybridized carbons (Fsp3) is 0.727. The van der Waals surface area contributed by atoms with Crippen LogP contribution in [0.5, 0.6) is 0 Å². The molecular formula is C22H26BrCl2FO4. The summed E-state index contributed by atoms with van der Waals surface area (Å²) in [5.41, 5.74) is -3.35. The summed E-state index contributed by atoms with van der Waals surface area (Å²) in [6.45, 7) is 4.66. The highest BCUT2D eigenvalue weighted by molar-refractivity contribution is 9.12. The fourth-order valence-electron chi connectivity index (χ4n) is 7.24. The lowest BCUT2D eigenvalue weighted by Crippen LogP contribution is -2.69. The maximum absolute atomic E-state index is 15.5. The lowest BCUT2D eigenvalue weighted by molar-refractivity contribution is -0.168. The van der Waals surface area contributed by atoms with E-state index in [4.69, 9.17) is 23.2 Å². The van der Waals surface area contributed by atoms with Gasteiger partial charge in [0, 0.05) is 10.8 Å². The number of halogens is 4. The van der Waals surface area contributed by atoms with Gasteiger partial charge in [0.2, 0.25) is 0 Å². The van der Waals surface area contributed by atoms with E-state index in [1.807, 2.05) is 13.8 Å². The Labute approximate surface area is 194 Å². The van der Waals surface area contributed by atoms with E-state index in [0.29, 0.717) is 16.5 Å². The van der Waals surface area contributed by atoms with Crippen molar-refractivity contribution in [1.29, 1.82) is 0 Å². The van der Waals surface area contributed by atoms with Gasteiger partial charge in [0.05, 0.1) is 14.7 Å². The van der Waals surface area contributed by atoms with Gasteiger partial charge in [0.1, 0.15) is 18.4 Å². The molecule has 166 valence electrons. The second-order valence-electron chi connectivity index (χ2n) is 9.92. The molecule has 0 bridgehead atoms. The van der Waals surface area contributed by atoms with Gasteiger partial charge in [-0.2, -0.15) is 0 Å². The van der Waals surface area contributed by atoms with Crippen LogP contribution in [0.25, 0.3) is 0 Å². The molecule has 0 aliphatic heterocycles. The normalized spacial score (nSPS) is 52.7. The fourth-order valence-corrected chi connectivity index (χ4v) is 9.01. The molecule has 4 aliphatic rings. The average molecular weight is 524 g/mol. The molecule has 0 heterocycles. The predicted molar refractivity (Wildman–Crippen MR) is 116 cm³/mol. The van der Waals surface area contributed by atoms with Crippen LogP contribution < -0.4 is 0 Å². The minimum Gasteiger partial charge on any atom is -0.388 e. The van der Waals surface area contributed by atoms with Gasteiger partial charge in [0.25, 0.3) is 0 Å². The number of hydrogen-bond donors (Lipinski definition) is 2. The molecule has 4 nitrogen and oxygen atoms in total. The first kappa shape index (κ1) is 22.9. The van der Waals surface area contributed by atoms with Crippen molar-refractivity contribution in [3.8, 4) is 0 Å². The van der Waals surface area contributed by atoms with Crippen LogP contribution in [0.15, 0.2) is 22.2 Å². The molecule has 0 saturated heterocycles. The molecule has 0 aromatic heterocycles.